The Labute approximate surface area is 132 Å². The lowest BCUT2D eigenvalue weighted by molar-refractivity contribution is 0.240. The minimum absolute atomic E-state index is 0.324. The van der Waals surface area contributed by atoms with E-state index in [9.17, 15) is 0 Å². The number of aromatic nitrogens is 1. The molecule has 1 aromatic rings. The zero-order chi connectivity index (χ0) is 14.8. The smallest absolute Gasteiger partial charge is 0.185 e. The van der Waals surface area contributed by atoms with E-state index in [4.69, 9.17) is 10.7 Å². The quantitative estimate of drug-likeness (QED) is 0.925. The Kier molecular flexibility index (Phi) is 4.82. The van der Waals surface area contributed by atoms with Crippen LogP contribution in [0.5, 0.6) is 0 Å². The van der Waals surface area contributed by atoms with Crippen LogP contribution in [-0.4, -0.2) is 48.6 Å². The normalized spacial score (nSPS) is 24.9. The van der Waals surface area contributed by atoms with Gasteiger partial charge in [-0.3, -0.25) is 4.90 Å². The van der Waals surface area contributed by atoms with E-state index in [0.29, 0.717) is 6.04 Å². The van der Waals surface area contributed by atoms with Gasteiger partial charge in [0.15, 0.2) is 5.13 Å². The number of hydrogen-bond donors (Lipinski definition) is 1. The monoisotopic (exact) mass is 308 g/mol. The van der Waals surface area contributed by atoms with Crippen LogP contribution in [0.4, 0.5) is 5.13 Å². The molecule has 2 N–H and O–H groups in total. The number of anilines is 1. The summed E-state index contributed by atoms with van der Waals surface area (Å²) in [4.78, 5) is 11.4. The summed E-state index contributed by atoms with van der Waals surface area (Å²) in [6.45, 7) is 10.00. The Balaban J connectivity index is 1.57. The highest BCUT2D eigenvalue weighted by atomic mass is 32.1. The van der Waals surface area contributed by atoms with Crippen LogP contribution in [0.2, 0.25) is 0 Å². The molecule has 0 bridgehead atoms. The zero-order valence-corrected chi connectivity index (χ0v) is 14.2. The summed E-state index contributed by atoms with van der Waals surface area (Å²) in [6.07, 6.45) is 4.78. The molecule has 2 atom stereocenters. The van der Waals surface area contributed by atoms with E-state index in [-0.39, 0.29) is 0 Å². The van der Waals surface area contributed by atoms with E-state index in [1.54, 1.807) is 4.88 Å². The number of hydrogen-bond acceptors (Lipinski definition) is 5. The summed E-state index contributed by atoms with van der Waals surface area (Å²) >= 11 is 1.94. The fraction of sp³-hybridized carbons (Fsp3) is 0.812. The summed E-state index contributed by atoms with van der Waals surface area (Å²) in [5.41, 5.74) is 7.44. The average Bonchev–Trinajstić information content (AvgIpc) is 2.90. The van der Waals surface area contributed by atoms with Gasteiger partial charge in [0.1, 0.15) is 0 Å². The second-order valence-corrected chi connectivity index (χ2v) is 7.73. The fourth-order valence-electron chi connectivity index (χ4n) is 3.24. The maximum Gasteiger partial charge on any atom is 0.185 e. The zero-order valence-electron chi connectivity index (χ0n) is 13.3. The van der Waals surface area contributed by atoms with Gasteiger partial charge >= 0.3 is 0 Å². The molecule has 21 heavy (non-hydrogen) atoms. The van der Waals surface area contributed by atoms with Crippen molar-refractivity contribution in [3.8, 4) is 0 Å². The molecule has 3 rings (SSSR count). The summed E-state index contributed by atoms with van der Waals surface area (Å²) in [5, 5.41) is 1.26. The molecule has 4 nitrogen and oxygen atoms in total. The number of rotatable bonds is 4. The first-order chi connectivity index (χ1) is 10.2. The fourth-order valence-corrected chi connectivity index (χ4v) is 4.57. The average molecular weight is 308 g/mol. The number of nitrogens with two attached hydrogens (primary N) is 1. The molecule has 1 saturated heterocycles. The molecule has 1 fully saturated rings. The molecule has 1 aromatic heterocycles. The SMILES string of the molecule is CCC(N)CN1CCN(c2nc3c(s2)CC(C)CC3)CC1. The van der Waals surface area contributed by atoms with Crippen molar-refractivity contribution in [2.45, 2.75) is 45.6 Å². The molecule has 0 aromatic carbocycles. The van der Waals surface area contributed by atoms with Crippen molar-refractivity contribution in [1.29, 1.82) is 0 Å². The van der Waals surface area contributed by atoms with Crippen LogP contribution in [0.1, 0.15) is 37.3 Å². The molecular formula is C16H28N4S. The van der Waals surface area contributed by atoms with Crippen molar-refractivity contribution >= 4 is 16.5 Å². The van der Waals surface area contributed by atoms with E-state index >= 15 is 0 Å². The van der Waals surface area contributed by atoms with Crippen molar-refractivity contribution in [1.82, 2.24) is 9.88 Å². The first-order valence-electron chi connectivity index (χ1n) is 8.37. The lowest BCUT2D eigenvalue weighted by Crippen LogP contribution is -2.49. The minimum Gasteiger partial charge on any atom is -0.346 e. The third-order valence-corrected chi connectivity index (χ3v) is 6.02. The molecule has 0 saturated carbocycles. The summed E-state index contributed by atoms with van der Waals surface area (Å²) in [6, 6.07) is 0.324. The molecule has 0 amide bonds. The van der Waals surface area contributed by atoms with Gasteiger partial charge in [0.05, 0.1) is 5.69 Å². The highest BCUT2D eigenvalue weighted by molar-refractivity contribution is 7.15. The van der Waals surface area contributed by atoms with Crippen LogP contribution in [0.25, 0.3) is 0 Å². The summed E-state index contributed by atoms with van der Waals surface area (Å²) < 4.78 is 0. The van der Waals surface area contributed by atoms with E-state index in [2.05, 4.69) is 23.6 Å². The molecule has 2 aliphatic rings. The number of piperazine rings is 1. The Morgan fingerprint density at radius 3 is 2.81 bits per heavy atom. The molecule has 118 valence electrons. The van der Waals surface area contributed by atoms with Gasteiger partial charge < -0.3 is 10.6 Å². The largest absolute Gasteiger partial charge is 0.346 e. The molecule has 2 heterocycles. The van der Waals surface area contributed by atoms with Gasteiger partial charge in [-0.15, -0.1) is 11.3 Å². The number of aryl methyl sites for hydroxylation is 1. The van der Waals surface area contributed by atoms with Gasteiger partial charge in [-0.2, -0.15) is 0 Å². The van der Waals surface area contributed by atoms with Crippen LogP contribution in [0, 0.1) is 5.92 Å². The predicted octanol–water partition coefficient (Wildman–Crippen LogP) is 2.13. The van der Waals surface area contributed by atoms with Crippen molar-refractivity contribution in [3.05, 3.63) is 10.6 Å². The second-order valence-electron chi connectivity index (χ2n) is 6.67. The van der Waals surface area contributed by atoms with Gasteiger partial charge in [-0.05, 0) is 31.6 Å². The topological polar surface area (TPSA) is 45.4 Å². The van der Waals surface area contributed by atoms with Crippen LogP contribution in [0.15, 0.2) is 0 Å². The van der Waals surface area contributed by atoms with Gasteiger partial charge in [0.25, 0.3) is 0 Å². The standard InChI is InChI=1S/C16H28N4S/c1-3-13(17)11-19-6-8-20(9-7-19)16-18-14-5-4-12(2)10-15(14)21-16/h12-13H,3-11,17H2,1-2H3. The lowest BCUT2D eigenvalue weighted by atomic mass is 9.93. The van der Waals surface area contributed by atoms with Gasteiger partial charge in [-0.25, -0.2) is 4.98 Å². The summed E-state index contributed by atoms with van der Waals surface area (Å²) in [5.74, 6) is 0.832. The van der Waals surface area contributed by atoms with Crippen molar-refractivity contribution in [2.75, 3.05) is 37.6 Å². The first kappa shape index (κ1) is 15.3. The van der Waals surface area contributed by atoms with E-state index in [1.807, 2.05) is 11.3 Å². The van der Waals surface area contributed by atoms with Crippen molar-refractivity contribution in [2.24, 2.45) is 11.7 Å². The van der Waals surface area contributed by atoms with Gasteiger partial charge in [0, 0.05) is 43.6 Å². The third kappa shape index (κ3) is 3.58. The molecule has 0 spiro atoms. The Hall–Kier alpha value is -0.650. The maximum absolute atomic E-state index is 6.06. The first-order valence-corrected chi connectivity index (χ1v) is 9.18. The van der Waals surface area contributed by atoms with Crippen LogP contribution >= 0.6 is 11.3 Å². The maximum atomic E-state index is 6.06. The van der Waals surface area contributed by atoms with E-state index in [1.165, 1.54) is 30.1 Å². The Morgan fingerprint density at radius 1 is 1.33 bits per heavy atom. The molecule has 2 unspecified atom stereocenters. The molecule has 5 heteroatoms. The minimum atomic E-state index is 0.324. The Bertz CT molecular complexity index is 465. The molecule has 1 aliphatic carbocycles. The molecule has 1 aliphatic heterocycles. The second kappa shape index (κ2) is 6.63. The Morgan fingerprint density at radius 2 is 2.10 bits per heavy atom. The van der Waals surface area contributed by atoms with Crippen molar-refractivity contribution < 1.29 is 0 Å². The number of fused-ring (bicyclic) bond motifs is 1. The van der Waals surface area contributed by atoms with E-state index in [0.717, 1.165) is 45.1 Å². The van der Waals surface area contributed by atoms with Gasteiger partial charge in [-0.1, -0.05) is 13.8 Å². The van der Waals surface area contributed by atoms with Crippen LogP contribution in [-0.2, 0) is 12.8 Å². The highest BCUT2D eigenvalue weighted by Crippen LogP contribution is 2.34. The van der Waals surface area contributed by atoms with Gasteiger partial charge in [0.2, 0.25) is 0 Å². The molecule has 0 radical (unpaired) electrons. The predicted molar refractivity (Wildman–Crippen MR) is 90.2 cm³/mol. The van der Waals surface area contributed by atoms with Crippen molar-refractivity contribution in [3.63, 3.8) is 0 Å². The van der Waals surface area contributed by atoms with Crippen LogP contribution < -0.4 is 10.6 Å². The lowest BCUT2D eigenvalue weighted by Gasteiger charge is -2.35. The number of thiazole rings is 1. The van der Waals surface area contributed by atoms with E-state index < -0.39 is 0 Å². The number of nitrogens with zero attached hydrogens (tertiary/aromatic N) is 3. The highest BCUT2D eigenvalue weighted by Gasteiger charge is 2.24. The summed E-state index contributed by atoms with van der Waals surface area (Å²) in [7, 11) is 0. The van der Waals surface area contributed by atoms with Crippen LogP contribution in [0.3, 0.4) is 0 Å². The molecular weight excluding hydrogens is 280 g/mol. The third-order valence-electron chi connectivity index (χ3n) is 4.83.